The standard InChI is InChI=1S/C10H6F3N3O3/c11-10(12,13)9(19)15-6-4-16-5(8(17)18)2-1-3-7(16)14-6/h1-4H,(H,15,19)(H,17,18). The Morgan fingerprint density at radius 2 is 2.00 bits per heavy atom. The van der Waals surface area contributed by atoms with Crippen LogP contribution in [-0.4, -0.2) is 32.5 Å². The molecule has 0 radical (unpaired) electrons. The van der Waals surface area contributed by atoms with Crippen LogP contribution in [0.15, 0.2) is 24.4 Å². The second kappa shape index (κ2) is 4.26. The monoisotopic (exact) mass is 273 g/mol. The molecule has 0 aliphatic carbocycles. The minimum Gasteiger partial charge on any atom is -0.477 e. The van der Waals surface area contributed by atoms with Crippen LogP contribution in [0.3, 0.4) is 0 Å². The molecule has 2 aromatic rings. The fourth-order valence-corrected chi connectivity index (χ4v) is 1.43. The molecular formula is C10H6F3N3O3. The van der Waals surface area contributed by atoms with Gasteiger partial charge in [0.25, 0.3) is 0 Å². The Balaban J connectivity index is 2.40. The van der Waals surface area contributed by atoms with Crippen molar-refractivity contribution in [2.45, 2.75) is 6.18 Å². The van der Waals surface area contributed by atoms with Gasteiger partial charge >= 0.3 is 18.1 Å². The van der Waals surface area contributed by atoms with Crippen LogP contribution in [0.2, 0.25) is 0 Å². The SMILES string of the molecule is O=C(O)c1cccc2nc(NC(=O)C(F)(F)F)cn12. The predicted octanol–water partition coefficient (Wildman–Crippen LogP) is 1.53. The van der Waals surface area contributed by atoms with Crippen molar-refractivity contribution < 1.29 is 27.9 Å². The van der Waals surface area contributed by atoms with Crippen molar-refractivity contribution in [3.05, 3.63) is 30.1 Å². The van der Waals surface area contributed by atoms with Gasteiger partial charge in [0, 0.05) is 0 Å². The van der Waals surface area contributed by atoms with Crippen LogP contribution in [0.4, 0.5) is 19.0 Å². The highest BCUT2D eigenvalue weighted by Crippen LogP contribution is 2.18. The molecule has 0 aliphatic heterocycles. The molecule has 0 saturated carbocycles. The summed E-state index contributed by atoms with van der Waals surface area (Å²) < 4.78 is 37.2. The van der Waals surface area contributed by atoms with E-state index in [0.717, 1.165) is 10.6 Å². The number of halogens is 3. The molecule has 0 unspecified atom stereocenters. The maximum atomic E-state index is 12.1. The third kappa shape index (κ3) is 2.49. The number of hydrogen-bond acceptors (Lipinski definition) is 3. The molecule has 0 spiro atoms. The second-order valence-electron chi connectivity index (χ2n) is 3.52. The molecule has 2 N–H and O–H groups in total. The van der Waals surface area contributed by atoms with Crippen molar-refractivity contribution in [1.82, 2.24) is 9.38 Å². The number of fused-ring (bicyclic) bond motifs is 1. The first-order valence-corrected chi connectivity index (χ1v) is 4.88. The Kier molecular flexibility index (Phi) is 2.89. The number of aromatic carboxylic acids is 1. The van der Waals surface area contributed by atoms with E-state index in [1.807, 2.05) is 0 Å². The summed E-state index contributed by atoms with van der Waals surface area (Å²) in [7, 11) is 0. The van der Waals surface area contributed by atoms with Gasteiger partial charge in [-0.2, -0.15) is 13.2 Å². The fraction of sp³-hybridized carbons (Fsp3) is 0.100. The maximum absolute atomic E-state index is 12.1. The Morgan fingerprint density at radius 3 is 2.58 bits per heavy atom. The molecular weight excluding hydrogens is 267 g/mol. The van der Waals surface area contributed by atoms with Crippen LogP contribution in [-0.2, 0) is 4.79 Å². The lowest BCUT2D eigenvalue weighted by molar-refractivity contribution is -0.167. The van der Waals surface area contributed by atoms with Gasteiger partial charge in [-0.25, -0.2) is 9.78 Å². The van der Waals surface area contributed by atoms with Gasteiger partial charge in [-0.15, -0.1) is 0 Å². The number of amides is 1. The summed E-state index contributed by atoms with van der Waals surface area (Å²) in [5.41, 5.74) is -0.0742. The highest BCUT2D eigenvalue weighted by Gasteiger charge is 2.39. The second-order valence-corrected chi connectivity index (χ2v) is 3.52. The minimum atomic E-state index is -5.04. The summed E-state index contributed by atoms with van der Waals surface area (Å²) in [5, 5.41) is 10.4. The molecule has 0 aromatic carbocycles. The Hall–Kier alpha value is -2.58. The van der Waals surface area contributed by atoms with Crippen LogP contribution in [0, 0.1) is 0 Å². The van der Waals surface area contributed by atoms with Crippen LogP contribution in [0.5, 0.6) is 0 Å². The van der Waals surface area contributed by atoms with Gasteiger partial charge in [0.1, 0.15) is 11.3 Å². The van der Waals surface area contributed by atoms with E-state index in [1.54, 1.807) is 5.32 Å². The topological polar surface area (TPSA) is 83.7 Å². The highest BCUT2D eigenvalue weighted by molar-refractivity contribution is 5.94. The van der Waals surface area contributed by atoms with E-state index in [2.05, 4.69) is 4.98 Å². The van der Waals surface area contributed by atoms with Gasteiger partial charge in [-0.1, -0.05) is 6.07 Å². The lowest BCUT2D eigenvalue weighted by Gasteiger charge is -2.04. The zero-order chi connectivity index (χ0) is 14.2. The molecule has 0 saturated heterocycles. The summed E-state index contributed by atoms with van der Waals surface area (Å²) in [6, 6.07) is 4.04. The van der Waals surface area contributed by atoms with E-state index in [9.17, 15) is 22.8 Å². The molecule has 2 heterocycles. The Bertz CT molecular complexity index is 663. The number of carbonyl (C=O) groups is 2. The summed E-state index contributed by atoms with van der Waals surface area (Å²) in [5.74, 6) is -3.82. The number of nitrogens with zero attached hydrogens (tertiary/aromatic N) is 2. The molecule has 2 aromatic heterocycles. The van der Waals surface area contributed by atoms with Gasteiger partial charge in [-0.3, -0.25) is 9.20 Å². The molecule has 0 fully saturated rings. The van der Waals surface area contributed by atoms with Gasteiger partial charge in [0.2, 0.25) is 0 Å². The number of aromatic nitrogens is 2. The molecule has 100 valence electrons. The number of hydrogen-bond donors (Lipinski definition) is 2. The van der Waals surface area contributed by atoms with E-state index in [4.69, 9.17) is 5.11 Å². The maximum Gasteiger partial charge on any atom is 0.471 e. The summed E-state index contributed by atoms with van der Waals surface area (Å²) >= 11 is 0. The number of pyridine rings is 1. The summed E-state index contributed by atoms with van der Waals surface area (Å²) in [6.45, 7) is 0. The van der Waals surface area contributed by atoms with E-state index >= 15 is 0 Å². The number of carboxylic acids is 1. The first-order valence-electron chi connectivity index (χ1n) is 4.88. The average Bonchev–Trinajstić information content (AvgIpc) is 2.68. The van der Waals surface area contributed by atoms with Crippen LogP contribution in [0.25, 0.3) is 5.65 Å². The van der Waals surface area contributed by atoms with Gasteiger partial charge in [0.05, 0.1) is 6.20 Å². The lowest BCUT2D eigenvalue weighted by atomic mass is 10.3. The zero-order valence-electron chi connectivity index (χ0n) is 9.10. The zero-order valence-corrected chi connectivity index (χ0v) is 9.10. The lowest BCUT2D eigenvalue weighted by Crippen LogP contribution is -2.30. The molecule has 9 heteroatoms. The number of carbonyl (C=O) groups excluding carboxylic acids is 1. The van der Waals surface area contributed by atoms with Crippen LogP contribution >= 0.6 is 0 Å². The number of nitrogens with one attached hydrogen (secondary N) is 1. The third-order valence-electron chi connectivity index (χ3n) is 2.21. The molecule has 0 bridgehead atoms. The number of alkyl halides is 3. The van der Waals surface area contributed by atoms with E-state index in [1.165, 1.54) is 18.2 Å². The minimum absolute atomic E-state index is 0.109. The van der Waals surface area contributed by atoms with Crippen molar-refractivity contribution >= 4 is 23.3 Å². The van der Waals surface area contributed by atoms with E-state index < -0.39 is 18.1 Å². The molecule has 1 amide bonds. The fourth-order valence-electron chi connectivity index (χ4n) is 1.43. The first-order chi connectivity index (χ1) is 8.79. The molecule has 6 nitrogen and oxygen atoms in total. The van der Waals surface area contributed by atoms with Crippen molar-refractivity contribution in [3.8, 4) is 0 Å². The van der Waals surface area contributed by atoms with Crippen molar-refractivity contribution in [2.75, 3.05) is 5.32 Å². The average molecular weight is 273 g/mol. The number of carboxylic acid groups (broad SMARTS) is 1. The molecule has 19 heavy (non-hydrogen) atoms. The highest BCUT2D eigenvalue weighted by atomic mass is 19.4. The van der Waals surface area contributed by atoms with Crippen molar-refractivity contribution in [3.63, 3.8) is 0 Å². The molecule has 0 aliphatic rings. The third-order valence-corrected chi connectivity index (χ3v) is 2.21. The van der Waals surface area contributed by atoms with Crippen molar-refractivity contribution in [2.24, 2.45) is 0 Å². The smallest absolute Gasteiger partial charge is 0.471 e. The van der Waals surface area contributed by atoms with E-state index in [-0.39, 0.29) is 17.2 Å². The van der Waals surface area contributed by atoms with Crippen LogP contribution in [0.1, 0.15) is 10.5 Å². The van der Waals surface area contributed by atoms with Gasteiger partial charge < -0.3 is 10.4 Å². The Morgan fingerprint density at radius 1 is 1.32 bits per heavy atom. The molecule has 0 atom stereocenters. The quantitative estimate of drug-likeness (QED) is 0.869. The largest absolute Gasteiger partial charge is 0.477 e. The van der Waals surface area contributed by atoms with Gasteiger partial charge in [0.15, 0.2) is 5.82 Å². The first kappa shape index (κ1) is 12.9. The Labute approximate surface area is 103 Å². The summed E-state index contributed by atoms with van der Waals surface area (Å²) in [6.07, 6.45) is -4.03. The predicted molar refractivity (Wildman–Crippen MR) is 56.8 cm³/mol. The van der Waals surface area contributed by atoms with Crippen LogP contribution < -0.4 is 5.32 Å². The normalized spacial score (nSPS) is 11.5. The van der Waals surface area contributed by atoms with Gasteiger partial charge in [-0.05, 0) is 12.1 Å². The molecule has 2 rings (SSSR count). The van der Waals surface area contributed by atoms with Crippen molar-refractivity contribution in [1.29, 1.82) is 0 Å². The number of imidazole rings is 1. The van der Waals surface area contributed by atoms with E-state index in [0.29, 0.717) is 0 Å². The number of rotatable bonds is 2. The number of anilines is 1. The summed E-state index contributed by atoms with van der Waals surface area (Å²) in [4.78, 5) is 25.3.